The summed E-state index contributed by atoms with van der Waals surface area (Å²) in [7, 11) is -9.81. The number of esters is 3. The molecule has 0 aromatic heterocycles. The number of phosphoric acid groups is 2. The summed E-state index contributed by atoms with van der Waals surface area (Å²) >= 11 is 0. The van der Waals surface area contributed by atoms with Gasteiger partial charge in [-0.3, -0.25) is 32.5 Å². The molecular weight excluding hydrogens is 1360 g/mol. The second-order valence-electron chi connectivity index (χ2n) is 27.6. The molecule has 18 heteroatoms. The number of phosphoric ester groups is 2. The number of ether oxygens (including phenoxy) is 3. The van der Waals surface area contributed by atoms with E-state index < -0.39 is 91.5 Å². The summed E-state index contributed by atoms with van der Waals surface area (Å²) in [5, 5.41) is 20.7. The maximum Gasteiger partial charge on any atom is 0.472 e. The average molecular weight is 1510 g/mol. The van der Waals surface area contributed by atoms with Crippen LogP contribution in [-0.2, 0) is 55.8 Å². The van der Waals surface area contributed by atoms with E-state index in [0.717, 1.165) is 161 Å². The molecule has 0 amide bonds. The molecule has 0 bridgehead atoms. The van der Waals surface area contributed by atoms with Crippen LogP contribution >= 0.6 is 15.6 Å². The van der Waals surface area contributed by atoms with Gasteiger partial charge in [0, 0.05) is 19.3 Å². The summed E-state index contributed by atoms with van der Waals surface area (Å²) in [5.74, 6) is -1.60. The Morgan fingerprint density at radius 3 is 0.752 bits per heavy atom. The van der Waals surface area contributed by atoms with Crippen molar-refractivity contribution in [3.05, 3.63) is 134 Å². The lowest BCUT2D eigenvalue weighted by Gasteiger charge is -2.21. The first-order valence-corrected chi connectivity index (χ1v) is 44.5. The SMILES string of the molecule is CCCCC/C=C\C/C=C\C/C=C\C/C=C\CCCCCCCCCCCC(=O)OCC(O)COP(=O)(O)OCC(O)COP(=O)(O)OCC(COC(=O)CCCCCCCCCCC/C=C\C/C=C\C/C=C\C/C=C\CCCCC)OC(=O)CCCCCCCC/C=C\C/C=C\C/C=C\CCCCC. The van der Waals surface area contributed by atoms with E-state index in [-0.39, 0.29) is 19.3 Å². The van der Waals surface area contributed by atoms with Gasteiger partial charge in [-0.05, 0) is 148 Å². The molecule has 0 heterocycles. The summed E-state index contributed by atoms with van der Waals surface area (Å²) in [6.07, 6.45) is 96.2. The van der Waals surface area contributed by atoms with Crippen LogP contribution < -0.4 is 0 Å². The summed E-state index contributed by atoms with van der Waals surface area (Å²) in [6, 6.07) is 0. The van der Waals surface area contributed by atoms with Crippen molar-refractivity contribution in [1.82, 2.24) is 0 Å². The highest BCUT2D eigenvalue weighted by Crippen LogP contribution is 2.45. The van der Waals surface area contributed by atoms with E-state index in [1.807, 2.05) is 0 Å². The van der Waals surface area contributed by atoms with Crippen molar-refractivity contribution in [3.8, 4) is 0 Å². The van der Waals surface area contributed by atoms with Gasteiger partial charge in [-0.25, -0.2) is 9.13 Å². The van der Waals surface area contributed by atoms with Crippen molar-refractivity contribution in [1.29, 1.82) is 0 Å². The van der Waals surface area contributed by atoms with Crippen LogP contribution in [0.25, 0.3) is 0 Å². The number of carbonyl (C=O) groups is 3. The highest BCUT2D eigenvalue weighted by Gasteiger charge is 2.29. The predicted molar refractivity (Wildman–Crippen MR) is 436 cm³/mol. The highest BCUT2D eigenvalue weighted by atomic mass is 31.2. The topological polar surface area (TPSA) is 231 Å². The fraction of sp³-hybridized carbons (Fsp3) is 0.713. The number of unbranched alkanes of at least 4 members (excludes halogenated alkanes) is 33. The highest BCUT2D eigenvalue weighted by molar-refractivity contribution is 7.47. The van der Waals surface area contributed by atoms with Gasteiger partial charge < -0.3 is 34.2 Å². The van der Waals surface area contributed by atoms with Crippen molar-refractivity contribution >= 4 is 33.6 Å². The summed E-state index contributed by atoms with van der Waals surface area (Å²) in [5.41, 5.74) is 0. The maximum atomic E-state index is 13.0. The van der Waals surface area contributed by atoms with Crippen LogP contribution in [0.3, 0.4) is 0 Å². The minimum Gasteiger partial charge on any atom is -0.463 e. The van der Waals surface area contributed by atoms with Gasteiger partial charge in [0.15, 0.2) is 6.10 Å². The fourth-order valence-electron chi connectivity index (χ4n) is 11.0. The number of aliphatic hydroxyl groups is 2. The lowest BCUT2D eigenvalue weighted by molar-refractivity contribution is -0.161. The number of allylic oxidation sites excluding steroid dienone is 22. The smallest absolute Gasteiger partial charge is 0.463 e. The molecule has 0 saturated heterocycles. The van der Waals surface area contributed by atoms with E-state index in [2.05, 4.69) is 154 Å². The van der Waals surface area contributed by atoms with Gasteiger partial charge in [0.25, 0.3) is 0 Å². The molecule has 0 rings (SSSR count). The monoisotopic (exact) mass is 1510 g/mol. The third kappa shape index (κ3) is 80.5. The Bertz CT molecular complexity index is 2440. The summed E-state index contributed by atoms with van der Waals surface area (Å²) < 4.78 is 61.3. The zero-order valence-electron chi connectivity index (χ0n) is 66.1. The van der Waals surface area contributed by atoms with Gasteiger partial charge in [0.1, 0.15) is 25.4 Å². The molecule has 0 fully saturated rings. The van der Waals surface area contributed by atoms with Crippen LogP contribution in [0.2, 0.25) is 0 Å². The molecule has 0 radical (unpaired) electrons. The lowest BCUT2D eigenvalue weighted by atomic mass is 10.1. The molecule has 5 unspecified atom stereocenters. The van der Waals surface area contributed by atoms with Crippen molar-refractivity contribution < 1.29 is 75.8 Å². The van der Waals surface area contributed by atoms with E-state index >= 15 is 0 Å². The standard InChI is InChI=1S/C87H150O16P2/c1-4-7-10-13-16-19-22-25-28-31-34-36-38-40-42-44-47-49-52-55-58-61-64-67-70-73-85(90)97-76-82(88)77-99-104(93,94)100-78-83(89)79-101-105(95,96)102-81-84(103-87(92)75-72-69-66-63-60-57-54-51-46-33-30-27-24-21-18-15-12-9-6-3)80-98-86(91)74-71-68-65-62-59-56-53-50-48-45-43-41-39-37-35-32-29-26-23-20-17-14-11-8-5-2/h16-21,25-30,34-37,40-43,46,51,82-84,88-89H,4-15,22-24,31-33,38-39,44-45,47-50,52-81H2,1-3H3,(H,93,94)(H,95,96)/b19-16-,20-17-,21-18-,28-25-,29-26-,30-27-,36-34-,37-35-,42-40-,43-41-,51-46-. The Balaban J connectivity index is 4.67. The molecule has 105 heavy (non-hydrogen) atoms. The van der Waals surface area contributed by atoms with E-state index in [4.69, 9.17) is 32.3 Å². The Kier molecular flexibility index (Phi) is 76.0. The molecule has 0 aromatic carbocycles. The minimum absolute atomic E-state index is 0.0857. The minimum atomic E-state index is -4.94. The Morgan fingerprint density at radius 2 is 0.476 bits per heavy atom. The fourth-order valence-corrected chi connectivity index (χ4v) is 12.5. The van der Waals surface area contributed by atoms with Gasteiger partial charge in [-0.2, -0.15) is 0 Å². The van der Waals surface area contributed by atoms with Gasteiger partial charge in [-0.1, -0.05) is 309 Å². The van der Waals surface area contributed by atoms with Crippen LogP contribution in [0.5, 0.6) is 0 Å². The number of carbonyl (C=O) groups excluding carboxylic acids is 3. The predicted octanol–water partition coefficient (Wildman–Crippen LogP) is 24.7. The summed E-state index contributed by atoms with van der Waals surface area (Å²) in [4.78, 5) is 58.8. The molecule has 0 aliphatic heterocycles. The van der Waals surface area contributed by atoms with Crippen LogP contribution in [0, 0.1) is 0 Å². The van der Waals surface area contributed by atoms with E-state index in [1.54, 1.807) is 0 Å². The van der Waals surface area contributed by atoms with Gasteiger partial charge >= 0.3 is 33.6 Å². The molecule has 0 aromatic rings. The van der Waals surface area contributed by atoms with Gasteiger partial charge in [0.05, 0.1) is 26.4 Å². The van der Waals surface area contributed by atoms with Crippen LogP contribution in [0.4, 0.5) is 0 Å². The molecule has 0 aliphatic carbocycles. The van der Waals surface area contributed by atoms with Crippen LogP contribution in [-0.4, -0.2) is 95.9 Å². The molecular formula is C87H150O16P2. The molecule has 5 atom stereocenters. The Morgan fingerprint density at radius 1 is 0.267 bits per heavy atom. The average Bonchev–Trinajstić information content (AvgIpc) is 0.923. The van der Waals surface area contributed by atoms with Crippen molar-refractivity contribution in [3.63, 3.8) is 0 Å². The maximum absolute atomic E-state index is 13.0. The van der Waals surface area contributed by atoms with E-state index in [0.29, 0.717) is 19.3 Å². The Hall–Kier alpha value is -4.31. The quantitative estimate of drug-likeness (QED) is 0.0146. The molecule has 604 valence electrons. The number of rotatable bonds is 78. The second-order valence-corrected chi connectivity index (χ2v) is 30.5. The molecule has 0 aliphatic rings. The Labute approximate surface area is 639 Å². The van der Waals surface area contributed by atoms with Gasteiger partial charge in [0.2, 0.25) is 0 Å². The molecule has 0 spiro atoms. The molecule has 4 N–H and O–H groups in total. The first kappa shape index (κ1) is 101. The summed E-state index contributed by atoms with van der Waals surface area (Å²) in [6.45, 7) is 2.59. The number of aliphatic hydroxyl groups excluding tert-OH is 2. The normalized spacial score (nSPS) is 14.6. The van der Waals surface area contributed by atoms with Crippen LogP contribution in [0.15, 0.2) is 134 Å². The zero-order valence-corrected chi connectivity index (χ0v) is 67.9. The third-order valence-electron chi connectivity index (χ3n) is 17.3. The number of hydrogen-bond acceptors (Lipinski definition) is 14. The van der Waals surface area contributed by atoms with E-state index in [1.165, 1.54) is 122 Å². The third-order valence-corrected chi connectivity index (χ3v) is 19.2. The largest absolute Gasteiger partial charge is 0.472 e. The van der Waals surface area contributed by atoms with Crippen molar-refractivity contribution in [2.75, 3.05) is 39.6 Å². The van der Waals surface area contributed by atoms with Crippen molar-refractivity contribution in [2.24, 2.45) is 0 Å². The van der Waals surface area contributed by atoms with Gasteiger partial charge in [-0.15, -0.1) is 0 Å². The van der Waals surface area contributed by atoms with Crippen molar-refractivity contribution in [2.45, 2.75) is 360 Å². The van der Waals surface area contributed by atoms with E-state index in [9.17, 15) is 43.5 Å². The molecule has 16 nitrogen and oxygen atoms in total. The zero-order chi connectivity index (χ0) is 76.6. The first-order chi connectivity index (χ1) is 51.2. The van der Waals surface area contributed by atoms with Crippen LogP contribution in [0.1, 0.15) is 342 Å². The lowest BCUT2D eigenvalue weighted by Crippen LogP contribution is -2.30. The first-order valence-electron chi connectivity index (χ1n) is 41.5. The second kappa shape index (κ2) is 79.2. The molecule has 0 saturated carbocycles. The number of hydrogen-bond donors (Lipinski definition) is 4.